The number of hydrogen-bond donors (Lipinski definition) is 1. The van der Waals surface area contributed by atoms with Gasteiger partial charge in [0, 0.05) is 10.1 Å². The number of hydrogen-bond acceptors (Lipinski definition) is 3. The fourth-order valence-corrected chi connectivity index (χ4v) is 2.77. The molecule has 0 fully saturated rings. The van der Waals surface area contributed by atoms with Gasteiger partial charge in [0.25, 0.3) is 0 Å². The standard InChI is InChI=1S/C12H12O3S/c1-7(12(13)14)8-6-16-10-5-3-4-9(15-2)11(8)10/h3-7H,1-2H3,(H,13,14). The van der Waals surface area contributed by atoms with Crippen molar-refractivity contribution in [3.05, 3.63) is 29.1 Å². The predicted molar refractivity (Wildman–Crippen MR) is 64.4 cm³/mol. The number of carboxylic acid groups (broad SMARTS) is 1. The first-order valence-electron chi connectivity index (χ1n) is 4.92. The summed E-state index contributed by atoms with van der Waals surface area (Å²) in [5.41, 5.74) is 0.824. The molecule has 1 heterocycles. The molecule has 0 amide bonds. The lowest BCUT2D eigenvalue weighted by molar-refractivity contribution is -0.138. The van der Waals surface area contributed by atoms with Gasteiger partial charge in [-0.2, -0.15) is 0 Å². The zero-order valence-electron chi connectivity index (χ0n) is 9.06. The average Bonchev–Trinajstić information content (AvgIpc) is 2.71. The molecule has 0 aliphatic heterocycles. The zero-order chi connectivity index (χ0) is 11.7. The van der Waals surface area contributed by atoms with Gasteiger partial charge in [0.05, 0.1) is 13.0 Å². The van der Waals surface area contributed by atoms with Crippen LogP contribution in [0.5, 0.6) is 5.75 Å². The number of methoxy groups -OCH3 is 1. The molecule has 2 rings (SSSR count). The van der Waals surface area contributed by atoms with E-state index in [1.165, 1.54) is 0 Å². The smallest absolute Gasteiger partial charge is 0.310 e. The second kappa shape index (κ2) is 4.14. The van der Waals surface area contributed by atoms with Crippen molar-refractivity contribution in [2.24, 2.45) is 0 Å². The number of rotatable bonds is 3. The molecule has 1 unspecified atom stereocenters. The summed E-state index contributed by atoms with van der Waals surface area (Å²) in [6.45, 7) is 1.69. The van der Waals surface area contributed by atoms with Crippen LogP contribution in [0.25, 0.3) is 10.1 Å². The van der Waals surface area contributed by atoms with Crippen LogP contribution in [0.1, 0.15) is 18.4 Å². The number of carbonyl (C=O) groups is 1. The fourth-order valence-electron chi connectivity index (χ4n) is 1.70. The van der Waals surface area contributed by atoms with Crippen molar-refractivity contribution in [3.63, 3.8) is 0 Å². The van der Waals surface area contributed by atoms with Crippen LogP contribution in [0.2, 0.25) is 0 Å². The molecule has 3 nitrogen and oxygen atoms in total. The van der Waals surface area contributed by atoms with Gasteiger partial charge in [0.2, 0.25) is 0 Å². The summed E-state index contributed by atoms with van der Waals surface area (Å²) in [6, 6.07) is 5.74. The summed E-state index contributed by atoms with van der Waals surface area (Å²) < 4.78 is 6.33. The lowest BCUT2D eigenvalue weighted by Gasteiger charge is -2.07. The van der Waals surface area contributed by atoms with Crippen LogP contribution in [0.15, 0.2) is 23.6 Å². The van der Waals surface area contributed by atoms with Crippen molar-refractivity contribution < 1.29 is 14.6 Å². The van der Waals surface area contributed by atoms with Crippen molar-refractivity contribution in [1.82, 2.24) is 0 Å². The highest BCUT2D eigenvalue weighted by atomic mass is 32.1. The Kier molecular flexibility index (Phi) is 2.83. The van der Waals surface area contributed by atoms with Crippen LogP contribution >= 0.6 is 11.3 Å². The third-order valence-electron chi connectivity index (χ3n) is 2.65. The molecule has 1 atom stereocenters. The summed E-state index contributed by atoms with van der Waals surface area (Å²) in [5.74, 6) is -0.586. The number of aliphatic carboxylic acids is 1. The van der Waals surface area contributed by atoms with Gasteiger partial charge >= 0.3 is 5.97 Å². The highest BCUT2D eigenvalue weighted by Crippen LogP contribution is 2.37. The van der Waals surface area contributed by atoms with Crippen LogP contribution in [0, 0.1) is 0 Å². The fraction of sp³-hybridized carbons (Fsp3) is 0.250. The van der Waals surface area contributed by atoms with Crippen molar-refractivity contribution in [2.75, 3.05) is 7.11 Å². The summed E-state index contributed by atoms with van der Waals surface area (Å²) in [5, 5.41) is 11.9. The minimum absolute atomic E-state index is 0.509. The zero-order valence-corrected chi connectivity index (χ0v) is 9.88. The topological polar surface area (TPSA) is 46.5 Å². The van der Waals surface area contributed by atoms with Crippen LogP contribution in [0.3, 0.4) is 0 Å². The van der Waals surface area contributed by atoms with E-state index in [1.807, 2.05) is 23.6 Å². The van der Waals surface area contributed by atoms with Crippen LogP contribution in [0.4, 0.5) is 0 Å². The first kappa shape index (κ1) is 11.0. The van der Waals surface area contributed by atoms with Crippen LogP contribution in [-0.2, 0) is 4.79 Å². The van der Waals surface area contributed by atoms with E-state index < -0.39 is 11.9 Å². The molecule has 0 bridgehead atoms. The Labute approximate surface area is 97.3 Å². The Bertz CT molecular complexity index is 530. The second-order valence-electron chi connectivity index (χ2n) is 3.58. The highest BCUT2D eigenvalue weighted by Gasteiger charge is 2.19. The number of benzene rings is 1. The Balaban J connectivity index is 2.67. The van der Waals surface area contributed by atoms with Crippen LogP contribution < -0.4 is 4.74 Å². The molecule has 0 aliphatic carbocycles. The Morgan fingerprint density at radius 3 is 2.88 bits per heavy atom. The van der Waals surface area contributed by atoms with Crippen LogP contribution in [-0.4, -0.2) is 18.2 Å². The second-order valence-corrected chi connectivity index (χ2v) is 4.50. The first-order chi connectivity index (χ1) is 7.65. The molecule has 2 aromatic rings. The molecule has 0 aliphatic rings. The largest absolute Gasteiger partial charge is 0.496 e. The molecule has 4 heteroatoms. The maximum atomic E-state index is 11.0. The van der Waals surface area contributed by atoms with Crippen molar-refractivity contribution in [1.29, 1.82) is 0 Å². The molecular formula is C12H12O3S. The third-order valence-corrected chi connectivity index (χ3v) is 3.61. The summed E-state index contributed by atoms with van der Waals surface area (Å²) in [7, 11) is 1.60. The van der Waals surface area contributed by atoms with Gasteiger partial charge in [0.1, 0.15) is 5.75 Å². The highest BCUT2D eigenvalue weighted by molar-refractivity contribution is 7.17. The Morgan fingerprint density at radius 1 is 1.50 bits per heavy atom. The number of ether oxygens (including phenoxy) is 1. The van der Waals surface area contributed by atoms with E-state index in [0.717, 1.165) is 21.4 Å². The Hall–Kier alpha value is -1.55. The maximum Gasteiger partial charge on any atom is 0.310 e. The number of carboxylic acids is 1. The van der Waals surface area contributed by atoms with E-state index >= 15 is 0 Å². The minimum Gasteiger partial charge on any atom is -0.496 e. The Morgan fingerprint density at radius 2 is 2.25 bits per heavy atom. The van der Waals surface area contributed by atoms with E-state index in [0.29, 0.717) is 0 Å². The third kappa shape index (κ3) is 1.65. The number of fused-ring (bicyclic) bond motifs is 1. The lowest BCUT2D eigenvalue weighted by Crippen LogP contribution is -2.06. The van der Waals surface area contributed by atoms with Gasteiger partial charge in [-0.1, -0.05) is 6.07 Å². The molecule has 84 valence electrons. The molecule has 1 aromatic carbocycles. The van der Waals surface area contributed by atoms with Crippen molar-refractivity contribution >= 4 is 27.4 Å². The summed E-state index contributed by atoms with van der Waals surface area (Å²) in [4.78, 5) is 11.0. The summed E-state index contributed by atoms with van der Waals surface area (Å²) in [6.07, 6.45) is 0. The van der Waals surface area contributed by atoms with E-state index in [4.69, 9.17) is 9.84 Å². The van der Waals surface area contributed by atoms with Crippen molar-refractivity contribution in [2.45, 2.75) is 12.8 Å². The quantitative estimate of drug-likeness (QED) is 0.890. The average molecular weight is 236 g/mol. The molecule has 1 N–H and O–H groups in total. The molecule has 0 saturated heterocycles. The monoisotopic (exact) mass is 236 g/mol. The lowest BCUT2D eigenvalue weighted by atomic mass is 10.0. The van der Waals surface area contributed by atoms with Gasteiger partial charge < -0.3 is 9.84 Å². The van der Waals surface area contributed by atoms with E-state index in [2.05, 4.69) is 0 Å². The molecular weight excluding hydrogens is 224 g/mol. The number of thiophene rings is 1. The van der Waals surface area contributed by atoms with E-state index in [9.17, 15) is 4.79 Å². The van der Waals surface area contributed by atoms with Gasteiger partial charge in [0.15, 0.2) is 0 Å². The van der Waals surface area contributed by atoms with E-state index in [1.54, 1.807) is 25.4 Å². The normalized spacial score (nSPS) is 12.6. The molecule has 0 saturated carbocycles. The molecule has 0 radical (unpaired) electrons. The SMILES string of the molecule is COc1cccc2scc(C(C)C(=O)O)c12. The molecule has 16 heavy (non-hydrogen) atoms. The van der Waals surface area contributed by atoms with Gasteiger partial charge in [-0.3, -0.25) is 4.79 Å². The summed E-state index contributed by atoms with van der Waals surface area (Å²) >= 11 is 1.55. The van der Waals surface area contributed by atoms with Gasteiger partial charge in [-0.05, 0) is 30.0 Å². The molecule has 0 spiro atoms. The first-order valence-corrected chi connectivity index (χ1v) is 5.80. The van der Waals surface area contributed by atoms with Crippen molar-refractivity contribution in [3.8, 4) is 5.75 Å². The van der Waals surface area contributed by atoms with Gasteiger partial charge in [-0.15, -0.1) is 11.3 Å². The van der Waals surface area contributed by atoms with Gasteiger partial charge in [-0.25, -0.2) is 0 Å². The molecule has 1 aromatic heterocycles. The van der Waals surface area contributed by atoms with E-state index in [-0.39, 0.29) is 0 Å². The maximum absolute atomic E-state index is 11.0. The minimum atomic E-state index is -0.814. The predicted octanol–water partition coefficient (Wildman–Crippen LogP) is 3.10.